The number of ether oxygens (including phenoxy) is 1. The Kier molecular flexibility index (Phi) is 5.48. The van der Waals surface area contributed by atoms with Crippen molar-refractivity contribution in [3.05, 3.63) is 46.8 Å². The van der Waals surface area contributed by atoms with E-state index in [9.17, 15) is 9.59 Å². The molecule has 0 saturated heterocycles. The van der Waals surface area contributed by atoms with Crippen LogP contribution in [0.2, 0.25) is 0 Å². The Hall–Kier alpha value is -2.83. The number of hydrogen-bond donors (Lipinski definition) is 1. The van der Waals surface area contributed by atoms with Gasteiger partial charge >= 0.3 is 0 Å². The van der Waals surface area contributed by atoms with Crippen molar-refractivity contribution < 1.29 is 14.3 Å². The summed E-state index contributed by atoms with van der Waals surface area (Å²) in [6.07, 6.45) is 1.64. The summed E-state index contributed by atoms with van der Waals surface area (Å²) in [4.78, 5) is 26.0. The predicted molar refractivity (Wildman–Crippen MR) is 101 cm³/mol. The van der Waals surface area contributed by atoms with Gasteiger partial charge in [0.25, 0.3) is 11.8 Å². The number of para-hydroxylation sites is 1. The molecule has 1 aliphatic heterocycles. The lowest BCUT2D eigenvalue weighted by molar-refractivity contribution is -0.134. The number of nitrogens with two attached hydrogens (primary N) is 1. The molecule has 1 aliphatic rings. The van der Waals surface area contributed by atoms with Crippen molar-refractivity contribution in [1.82, 2.24) is 14.7 Å². The minimum absolute atomic E-state index is 0.0328. The summed E-state index contributed by atoms with van der Waals surface area (Å²) in [5.74, 6) is 0.429. The first kappa shape index (κ1) is 18.9. The Bertz CT molecular complexity index is 859. The maximum absolute atomic E-state index is 12.7. The minimum atomic E-state index is -0.570. The molecule has 1 aromatic carbocycles. The molecule has 0 radical (unpaired) electrons. The molecule has 0 fully saturated rings. The average molecular weight is 370 g/mol. The normalized spacial score (nSPS) is 14.6. The van der Waals surface area contributed by atoms with E-state index < -0.39 is 5.91 Å². The second kappa shape index (κ2) is 7.82. The number of rotatable bonds is 6. The summed E-state index contributed by atoms with van der Waals surface area (Å²) >= 11 is 0. The first-order valence-corrected chi connectivity index (χ1v) is 9.26. The Morgan fingerprint density at radius 2 is 2.07 bits per heavy atom. The molecule has 144 valence electrons. The summed E-state index contributed by atoms with van der Waals surface area (Å²) in [5, 5.41) is 4.19. The van der Waals surface area contributed by atoms with E-state index >= 15 is 0 Å². The highest BCUT2D eigenvalue weighted by Crippen LogP contribution is 2.28. The Labute approximate surface area is 159 Å². The Balaban J connectivity index is 1.69. The number of carbonyl (C=O) groups excluding carboxylic acids is 2. The van der Waals surface area contributed by atoms with Crippen molar-refractivity contribution in [2.75, 3.05) is 13.2 Å². The number of amides is 2. The summed E-state index contributed by atoms with van der Waals surface area (Å²) in [6.45, 7) is 5.14. The van der Waals surface area contributed by atoms with Crippen LogP contribution in [0.15, 0.2) is 24.3 Å². The molecule has 1 atom stereocenters. The number of benzene rings is 1. The zero-order valence-electron chi connectivity index (χ0n) is 16.1. The third-order valence-electron chi connectivity index (χ3n) is 5.24. The van der Waals surface area contributed by atoms with Crippen molar-refractivity contribution in [1.29, 1.82) is 0 Å². The second-order valence-corrected chi connectivity index (χ2v) is 6.96. The molecule has 7 heteroatoms. The van der Waals surface area contributed by atoms with Gasteiger partial charge in [-0.1, -0.05) is 32.0 Å². The molecule has 2 heterocycles. The van der Waals surface area contributed by atoms with Gasteiger partial charge in [-0.15, -0.1) is 0 Å². The molecule has 0 saturated carbocycles. The van der Waals surface area contributed by atoms with Crippen molar-refractivity contribution in [3.63, 3.8) is 0 Å². The molecular formula is C20H26N4O3. The summed E-state index contributed by atoms with van der Waals surface area (Å²) in [5.41, 5.74) is 8.47. The van der Waals surface area contributed by atoms with Crippen LogP contribution < -0.4 is 10.5 Å². The van der Waals surface area contributed by atoms with Crippen LogP contribution in [0.5, 0.6) is 5.75 Å². The topological polar surface area (TPSA) is 90.4 Å². The summed E-state index contributed by atoms with van der Waals surface area (Å²) in [6, 6.07) is 7.83. The van der Waals surface area contributed by atoms with E-state index in [1.54, 1.807) is 16.6 Å². The lowest BCUT2D eigenvalue weighted by Crippen LogP contribution is -2.39. The molecule has 3 rings (SSSR count). The second-order valence-electron chi connectivity index (χ2n) is 6.96. The fourth-order valence-corrected chi connectivity index (χ4v) is 3.47. The van der Waals surface area contributed by atoms with Gasteiger partial charge in [0.15, 0.2) is 12.3 Å². The third-order valence-corrected chi connectivity index (χ3v) is 5.24. The number of nitrogens with zero attached hydrogens (tertiary/aromatic N) is 3. The zero-order chi connectivity index (χ0) is 19.6. The molecular weight excluding hydrogens is 344 g/mol. The van der Waals surface area contributed by atoms with Crippen molar-refractivity contribution in [2.24, 2.45) is 12.8 Å². The van der Waals surface area contributed by atoms with E-state index in [2.05, 4.69) is 18.9 Å². The average Bonchev–Trinajstić information content (AvgIpc) is 3.02. The molecule has 1 aromatic heterocycles. The Morgan fingerprint density at radius 1 is 1.33 bits per heavy atom. The number of fused-ring (bicyclic) bond motifs is 1. The first-order chi connectivity index (χ1) is 12.9. The van der Waals surface area contributed by atoms with E-state index in [0.29, 0.717) is 25.4 Å². The summed E-state index contributed by atoms with van der Waals surface area (Å²) < 4.78 is 7.52. The highest BCUT2D eigenvalue weighted by molar-refractivity contribution is 5.92. The van der Waals surface area contributed by atoms with E-state index in [-0.39, 0.29) is 18.2 Å². The van der Waals surface area contributed by atoms with E-state index in [1.807, 2.05) is 24.3 Å². The van der Waals surface area contributed by atoms with Crippen LogP contribution in [-0.4, -0.2) is 39.6 Å². The number of primary amides is 1. The summed E-state index contributed by atoms with van der Waals surface area (Å²) in [7, 11) is 1.79. The van der Waals surface area contributed by atoms with Crippen molar-refractivity contribution >= 4 is 11.8 Å². The Morgan fingerprint density at radius 3 is 2.78 bits per heavy atom. The first-order valence-electron chi connectivity index (χ1n) is 9.26. The molecule has 2 amide bonds. The molecule has 0 aliphatic carbocycles. The molecule has 1 unspecified atom stereocenters. The van der Waals surface area contributed by atoms with Crippen LogP contribution >= 0.6 is 0 Å². The van der Waals surface area contributed by atoms with Crippen LogP contribution in [0, 0.1) is 0 Å². The number of hydrogen-bond acceptors (Lipinski definition) is 4. The van der Waals surface area contributed by atoms with Gasteiger partial charge < -0.3 is 15.4 Å². The van der Waals surface area contributed by atoms with Gasteiger partial charge in [0.05, 0.1) is 0 Å². The quantitative estimate of drug-likeness (QED) is 0.842. The molecule has 2 N–H and O–H groups in total. The molecule has 0 spiro atoms. The van der Waals surface area contributed by atoms with Gasteiger partial charge in [0, 0.05) is 37.8 Å². The monoisotopic (exact) mass is 370 g/mol. The number of carbonyl (C=O) groups is 2. The van der Waals surface area contributed by atoms with E-state index in [1.165, 1.54) is 0 Å². The van der Waals surface area contributed by atoms with Crippen molar-refractivity contribution in [2.45, 2.75) is 39.2 Å². The molecule has 27 heavy (non-hydrogen) atoms. The lowest BCUT2D eigenvalue weighted by atomic mass is 9.98. The van der Waals surface area contributed by atoms with Crippen LogP contribution in [0.3, 0.4) is 0 Å². The smallest absolute Gasteiger partial charge is 0.269 e. The van der Waals surface area contributed by atoms with Gasteiger partial charge in [-0.05, 0) is 24.0 Å². The fourth-order valence-electron chi connectivity index (χ4n) is 3.47. The molecule has 7 nitrogen and oxygen atoms in total. The van der Waals surface area contributed by atoms with Crippen LogP contribution in [0.25, 0.3) is 0 Å². The maximum atomic E-state index is 12.7. The van der Waals surface area contributed by atoms with Gasteiger partial charge in [0.1, 0.15) is 5.75 Å². The molecule has 2 aromatic rings. The minimum Gasteiger partial charge on any atom is -0.483 e. The van der Waals surface area contributed by atoms with Crippen LogP contribution in [0.1, 0.15) is 53.5 Å². The van der Waals surface area contributed by atoms with Gasteiger partial charge in [-0.3, -0.25) is 14.3 Å². The van der Waals surface area contributed by atoms with Gasteiger partial charge in [-0.2, -0.15) is 5.10 Å². The standard InChI is InChI=1S/C20H26N4O3/c1-4-13(2)14-7-5-6-8-17(14)27-12-18(25)24-10-9-16-15(11-24)19(20(21)26)22-23(16)3/h5-8,13H,4,9-12H2,1-3H3,(H2,21,26). The van der Waals surface area contributed by atoms with Gasteiger partial charge in [0.2, 0.25) is 0 Å². The van der Waals surface area contributed by atoms with Gasteiger partial charge in [-0.25, -0.2) is 0 Å². The number of aryl methyl sites for hydroxylation is 1. The molecule has 0 bridgehead atoms. The number of aromatic nitrogens is 2. The van der Waals surface area contributed by atoms with E-state index in [0.717, 1.165) is 29.0 Å². The van der Waals surface area contributed by atoms with Crippen molar-refractivity contribution in [3.8, 4) is 5.75 Å². The fraction of sp³-hybridized carbons (Fsp3) is 0.450. The maximum Gasteiger partial charge on any atom is 0.269 e. The predicted octanol–water partition coefficient (Wildman–Crippen LogP) is 2.00. The largest absolute Gasteiger partial charge is 0.483 e. The van der Waals surface area contributed by atoms with Crippen LogP contribution in [0.4, 0.5) is 0 Å². The highest BCUT2D eigenvalue weighted by atomic mass is 16.5. The van der Waals surface area contributed by atoms with E-state index in [4.69, 9.17) is 10.5 Å². The van der Waals surface area contributed by atoms with Crippen LogP contribution in [-0.2, 0) is 24.8 Å². The SMILES string of the molecule is CCC(C)c1ccccc1OCC(=O)N1CCc2c(c(C(N)=O)nn2C)C1. The lowest BCUT2D eigenvalue weighted by Gasteiger charge is -2.27. The third kappa shape index (κ3) is 3.82. The zero-order valence-corrected chi connectivity index (χ0v) is 16.1. The highest BCUT2D eigenvalue weighted by Gasteiger charge is 2.28.